The van der Waals surface area contributed by atoms with E-state index < -0.39 is 65.5 Å². The Bertz CT molecular complexity index is 1590. The molecule has 2 aromatic rings. The number of halogens is 3. The predicted octanol–water partition coefficient (Wildman–Crippen LogP) is 1.47. The highest BCUT2D eigenvalue weighted by Crippen LogP contribution is 2.21. The number of unbranched alkanes of at least 4 members (excludes halogenated alkanes) is 1. The normalized spacial score (nSPS) is 15.9. The van der Waals surface area contributed by atoms with Crippen LogP contribution < -0.4 is 33.2 Å². The van der Waals surface area contributed by atoms with Gasteiger partial charge in [0.25, 0.3) is 0 Å². The van der Waals surface area contributed by atoms with Crippen molar-refractivity contribution >= 4 is 35.6 Å². The van der Waals surface area contributed by atoms with Crippen LogP contribution in [0.25, 0.3) is 0 Å². The zero-order valence-corrected chi connectivity index (χ0v) is 31.6. The number of alkyl halides is 3. The molecule has 0 spiro atoms. The van der Waals surface area contributed by atoms with Gasteiger partial charge in [-0.3, -0.25) is 24.0 Å². The smallest absolute Gasteiger partial charge is 0.480 e. The number of nitrogens with two attached hydrogens (primary N) is 3. The van der Waals surface area contributed by atoms with Gasteiger partial charge in [0.1, 0.15) is 23.7 Å². The second-order valence-corrected chi connectivity index (χ2v) is 14.2. The van der Waals surface area contributed by atoms with Crippen molar-refractivity contribution in [1.29, 1.82) is 0 Å². The quantitative estimate of drug-likeness (QED) is 0.100. The van der Waals surface area contributed by atoms with Gasteiger partial charge >= 0.3 is 18.1 Å². The standard InChI is InChI=1S/C36H53N7O6.C2HF3O2/c1-24(2)21-29(32(45)40-28(15-9-10-18-37)34(47)43-19-16-36(39,17-20-43)35(48)49)42-33(46)30(23-26-13-7-4-8-14-26)41-31(44)27(38)22-25-11-5-3-6-12-25;3-2(4,5)1(6)7/h3-8,11-14,24,27-30H,9-10,15-23,37-39H2,1-2H3,(H,40,45)(H,41,44)(H,42,46)(H,48,49);(H,6,7)/t27-,28-,29-,30-;/m0./s1. The van der Waals surface area contributed by atoms with Crippen molar-refractivity contribution in [2.24, 2.45) is 23.1 Å². The van der Waals surface area contributed by atoms with Gasteiger partial charge in [0.05, 0.1) is 6.04 Å². The van der Waals surface area contributed by atoms with E-state index in [-0.39, 0.29) is 57.0 Å². The summed E-state index contributed by atoms with van der Waals surface area (Å²) in [4.78, 5) is 76.6. The van der Waals surface area contributed by atoms with Crippen LogP contribution in [0, 0.1) is 5.92 Å². The lowest BCUT2D eigenvalue weighted by Gasteiger charge is -2.38. The third-order valence-electron chi connectivity index (χ3n) is 9.09. The van der Waals surface area contributed by atoms with Crippen molar-refractivity contribution < 1.29 is 52.2 Å². The maximum atomic E-state index is 13.9. The Morgan fingerprint density at radius 2 is 1.23 bits per heavy atom. The summed E-state index contributed by atoms with van der Waals surface area (Å²) in [7, 11) is 0. The van der Waals surface area contributed by atoms with Crippen molar-refractivity contribution in [3.05, 3.63) is 71.8 Å². The van der Waals surface area contributed by atoms with Gasteiger partial charge in [0, 0.05) is 19.5 Å². The Labute approximate surface area is 323 Å². The van der Waals surface area contributed by atoms with Gasteiger partial charge in [-0.1, -0.05) is 74.5 Å². The molecule has 1 saturated heterocycles. The van der Waals surface area contributed by atoms with Crippen LogP contribution in [0.3, 0.4) is 0 Å². The molecule has 0 bridgehead atoms. The van der Waals surface area contributed by atoms with Gasteiger partial charge in [-0.2, -0.15) is 13.2 Å². The number of carboxylic acids is 2. The molecule has 0 aromatic heterocycles. The van der Waals surface area contributed by atoms with Gasteiger partial charge in [-0.15, -0.1) is 0 Å². The second-order valence-electron chi connectivity index (χ2n) is 14.2. The number of likely N-dealkylation sites (tertiary alicyclic amines) is 1. The highest BCUT2D eigenvalue weighted by Gasteiger charge is 2.41. The molecule has 1 heterocycles. The van der Waals surface area contributed by atoms with Crippen LogP contribution in [0.1, 0.15) is 63.5 Å². The molecule has 15 nitrogen and oxygen atoms in total. The van der Waals surface area contributed by atoms with E-state index in [0.717, 1.165) is 11.1 Å². The average Bonchev–Trinajstić information content (AvgIpc) is 3.14. The molecule has 0 saturated carbocycles. The molecule has 18 heteroatoms. The molecule has 1 fully saturated rings. The highest BCUT2D eigenvalue weighted by molar-refractivity contribution is 5.95. The lowest BCUT2D eigenvalue weighted by atomic mass is 9.88. The number of carbonyl (C=O) groups excluding carboxylic acids is 4. The number of hydrogen-bond acceptors (Lipinski definition) is 9. The van der Waals surface area contributed by atoms with Crippen LogP contribution in [0.2, 0.25) is 0 Å². The van der Waals surface area contributed by atoms with Crippen molar-refractivity contribution in [1.82, 2.24) is 20.9 Å². The number of benzene rings is 2. The van der Waals surface area contributed by atoms with Crippen LogP contribution in [-0.2, 0) is 41.6 Å². The minimum Gasteiger partial charge on any atom is -0.480 e. The first-order valence-electron chi connectivity index (χ1n) is 18.3. The van der Waals surface area contributed by atoms with E-state index in [1.807, 2.05) is 74.5 Å². The number of aliphatic carboxylic acids is 2. The van der Waals surface area contributed by atoms with E-state index in [9.17, 15) is 42.3 Å². The Balaban J connectivity index is 0.00000141. The summed E-state index contributed by atoms with van der Waals surface area (Å²) in [6, 6.07) is 14.7. The third kappa shape index (κ3) is 16.0. The van der Waals surface area contributed by atoms with Gasteiger partial charge < -0.3 is 48.3 Å². The Kier molecular flexibility index (Phi) is 18.9. The molecule has 1 aliphatic rings. The molecule has 2 aromatic carbocycles. The minimum atomic E-state index is -5.08. The van der Waals surface area contributed by atoms with E-state index in [0.29, 0.717) is 25.8 Å². The summed E-state index contributed by atoms with van der Waals surface area (Å²) >= 11 is 0. The average molecular weight is 794 g/mol. The number of carbonyl (C=O) groups is 6. The lowest BCUT2D eigenvalue weighted by Crippen LogP contribution is -2.60. The summed E-state index contributed by atoms with van der Waals surface area (Å²) in [5, 5.41) is 25.1. The number of piperidine rings is 1. The molecule has 310 valence electrons. The maximum Gasteiger partial charge on any atom is 0.490 e. The summed E-state index contributed by atoms with van der Waals surface area (Å²) < 4.78 is 31.7. The van der Waals surface area contributed by atoms with Crippen LogP contribution in [0.5, 0.6) is 0 Å². The Morgan fingerprint density at radius 1 is 0.768 bits per heavy atom. The molecule has 0 aliphatic carbocycles. The molecular weight excluding hydrogens is 739 g/mol. The number of nitrogens with zero attached hydrogens (tertiary/aromatic N) is 1. The minimum absolute atomic E-state index is 0.000286. The largest absolute Gasteiger partial charge is 0.490 e. The van der Waals surface area contributed by atoms with Crippen molar-refractivity contribution in [3.63, 3.8) is 0 Å². The Morgan fingerprint density at radius 3 is 1.70 bits per heavy atom. The summed E-state index contributed by atoms with van der Waals surface area (Å²) in [6.45, 7) is 4.53. The summed E-state index contributed by atoms with van der Waals surface area (Å²) in [5.41, 5.74) is 18.2. The van der Waals surface area contributed by atoms with Crippen molar-refractivity contribution in [2.75, 3.05) is 19.6 Å². The number of nitrogens with one attached hydrogen (secondary N) is 3. The first-order valence-corrected chi connectivity index (χ1v) is 18.3. The van der Waals surface area contributed by atoms with Gasteiger partial charge in [-0.05, 0) is 68.5 Å². The van der Waals surface area contributed by atoms with Gasteiger partial charge in [0.2, 0.25) is 23.6 Å². The van der Waals surface area contributed by atoms with Crippen LogP contribution in [0.15, 0.2) is 60.7 Å². The SMILES string of the molecule is CC(C)C[C@H](NC(=O)[C@H](Cc1ccccc1)NC(=O)[C@@H](N)Cc1ccccc1)C(=O)N[C@@H](CCCCN)C(=O)N1CCC(N)(C(=O)O)CC1.O=C(O)C(F)(F)F. The second kappa shape index (κ2) is 22.5. The highest BCUT2D eigenvalue weighted by atomic mass is 19.4. The molecule has 11 N–H and O–H groups in total. The van der Waals surface area contributed by atoms with Crippen LogP contribution in [-0.4, -0.2) is 106 Å². The zero-order valence-electron chi connectivity index (χ0n) is 31.6. The molecule has 56 heavy (non-hydrogen) atoms. The van der Waals surface area contributed by atoms with Crippen LogP contribution in [0.4, 0.5) is 13.2 Å². The van der Waals surface area contributed by atoms with Crippen molar-refractivity contribution in [3.8, 4) is 0 Å². The fraction of sp³-hybridized carbons (Fsp3) is 0.526. The van der Waals surface area contributed by atoms with Gasteiger partial charge in [0.15, 0.2) is 0 Å². The number of amides is 4. The predicted molar refractivity (Wildman–Crippen MR) is 200 cm³/mol. The number of carboxylic acid groups (broad SMARTS) is 2. The molecular formula is C38H54F3N7O8. The maximum absolute atomic E-state index is 13.9. The molecule has 0 radical (unpaired) electrons. The first-order chi connectivity index (χ1) is 26.3. The molecule has 4 atom stereocenters. The zero-order chi connectivity index (χ0) is 42.1. The Hall–Kier alpha value is -5.07. The van der Waals surface area contributed by atoms with Gasteiger partial charge in [-0.25, -0.2) is 4.79 Å². The first kappa shape index (κ1) is 47.1. The summed E-state index contributed by atoms with van der Waals surface area (Å²) in [5.74, 6) is -5.79. The fourth-order valence-electron chi connectivity index (χ4n) is 5.86. The van der Waals surface area contributed by atoms with Crippen molar-refractivity contribution in [2.45, 2.75) is 101 Å². The number of hydrogen-bond donors (Lipinski definition) is 8. The summed E-state index contributed by atoms with van der Waals surface area (Å²) in [6.07, 6.45) is -2.64. The molecule has 3 rings (SSSR count). The molecule has 0 unspecified atom stereocenters. The third-order valence-corrected chi connectivity index (χ3v) is 9.09. The monoisotopic (exact) mass is 793 g/mol. The molecule has 4 amide bonds. The van der Waals surface area contributed by atoms with E-state index >= 15 is 0 Å². The lowest BCUT2D eigenvalue weighted by molar-refractivity contribution is -0.192. The van der Waals surface area contributed by atoms with E-state index in [4.69, 9.17) is 27.1 Å². The van der Waals surface area contributed by atoms with E-state index in [1.54, 1.807) is 0 Å². The fourth-order valence-corrected chi connectivity index (χ4v) is 5.86. The number of rotatable bonds is 18. The van der Waals surface area contributed by atoms with E-state index in [1.165, 1.54) is 4.90 Å². The topological polar surface area (TPSA) is 260 Å². The van der Waals surface area contributed by atoms with Crippen LogP contribution >= 0.6 is 0 Å². The van der Waals surface area contributed by atoms with E-state index in [2.05, 4.69) is 16.0 Å². The molecule has 1 aliphatic heterocycles.